The van der Waals surface area contributed by atoms with Crippen LogP contribution in [0.4, 0.5) is 0 Å². The van der Waals surface area contributed by atoms with Crippen molar-refractivity contribution in [2.45, 2.75) is 77.4 Å². The molecule has 1 saturated heterocycles. The van der Waals surface area contributed by atoms with Crippen LogP contribution < -0.4 is 16.0 Å². The molecule has 0 aliphatic carbocycles. The number of morpholine rings is 1. The zero-order valence-corrected chi connectivity index (χ0v) is 31.0. The Balaban J connectivity index is 1.40. The van der Waals surface area contributed by atoms with Gasteiger partial charge in [-0.1, -0.05) is 44.2 Å². The molecule has 50 heavy (non-hydrogen) atoms. The number of aromatic nitrogens is 2. The van der Waals surface area contributed by atoms with Crippen LogP contribution in [-0.2, 0) is 20.7 Å². The SMILES string of the molecule is CC(C)CC1NC(=O)CCCN(C(=O)C(C)(C)N2CCOCC2)CCCNC(=O)c2csc(n2)[C@H](Cc2ccccc2)NC(=O)c2csc1n2. The summed E-state index contributed by atoms with van der Waals surface area (Å²) < 4.78 is 5.52. The van der Waals surface area contributed by atoms with Crippen molar-refractivity contribution in [2.24, 2.45) is 5.92 Å². The van der Waals surface area contributed by atoms with Crippen LogP contribution in [-0.4, -0.2) is 94.9 Å². The van der Waals surface area contributed by atoms with E-state index in [1.165, 1.54) is 22.7 Å². The summed E-state index contributed by atoms with van der Waals surface area (Å²) in [7, 11) is 0. The Morgan fingerprint density at radius 2 is 1.54 bits per heavy atom. The van der Waals surface area contributed by atoms with E-state index in [9.17, 15) is 19.2 Å². The van der Waals surface area contributed by atoms with Crippen LogP contribution in [0.5, 0.6) is 0 Å². The van der Waals surface area contributed by atoms with Crippen molar-refractivity contribution in [3.8, 4) is 0 Å². The molecule has 2 aromatic heterocycles. The van der Waals surface area contributed by atoms with Crippen molar-refractivity contribution in [1.29, 1.82) is 0 Å². The zero-order valence-electron chi connectivity index (χ0n) is 29.4. The van der Waals surface area contributed by atoms with Gasteiger partial charge in [0.15, 0.2) is 0 Å². The van der Waals surface area contributed by atoms with Crippen LogP contribution in [0.3, 0.4) is 0 Å². The summed E-state index contributed by atoms with van der Waals surface area (Å²) in [5.74, 6) is -0.524. The molecule has 2 atom stereocenters. The third-order valence-electron chi connectivity index (χ3n) is 9.07. The van der Waals surface area contributed by atoms with Crippen molar-refractivity contribution in [1.82, 2.24) is 35.7 Å². The Labute approximate surface area is 302 Å². The number of amides is 4. The number of hydrogen-bond acceptors (Lipinski definition) is 10. The lowest BCUT2D eigenvalue weighted by Crippen LogP contribution is -2.59. The molecule has 4 heterocycles. The van der Waals surface area contributed by atoms with E-state index >= 15 is 0 Å². The van der Waals surface area contributed by atoms with Gasteiger partial charge in [0.1, 0.15) is 21.4 Å². The van der Waals surface area contributed by atoms with Gasteiger partial charge < -0.3 is 25.6 Å². The smallest absolute Gasteiger partial charge is 0.271 e. The first kappa shape index (κ1) is 37.5. The maximum absolute atomic E-state index is 14.0. The number of benzene rings is 1. The zero-order chi connectivity index (χ0) is 35.7. The Bertz CT molecular complexity index is 1600. The number of fused-ring (bicyclic) bond motifs is 4. The molecule has 4 bridgehead atoms. The molecule has 1 unspecified atom stereocenters. The van der Waals surface area contributed by atoms with E-state index in [-0.39, 0.29) is 53.4 Å². The van der Waals surface area contributed by atoms with E-state index in [1.54, 1.807) is 10.8 Å². The van der Waals surface area contributed by atoms with Gasteiger partial charge in [0.2, 0.25) is 11.8 Å². The third kappa shape index (κ3) is 9.95. The minimum Gasteiger partial charge on any atom is -0.379 e. The fraction of sp³-hybridized carbons (Fsp3) is 0.556. The summed E-state index contributed by atoms with van der Waals surface area (Å²) in [5.41, 5.74) is 0.815. The highest BCUT2D eigenvalue weighted by Gasteiger charge is 2.38. The van der Waals surface area contributed by atoms with Crippen LogP contribution >= 0.6 is 22.7 Å². The van der Waals surface area contributed by atoms with Gasteiger partial charge in [-0.05, 0) is 51.0 Å². The first-order valence-electron chi connectivity index (χ1n) is 17.5. The Kier molecular flexibility index (Phi) is 13.1. The molecule has 1 aromatic carbocycles. The largest absolute Gasteiger partial charge is 0.379 e. The Morgan fingerprint density at radius 1 is 0.900 bits per heavy atom. The first-order chi connectivity index (χ1) is 24.0. The topological polar surface area (TPSA) is 146 Å². The number of ether oxygens (including phenoxy) is 1. The van der Waals surface area contributed by atoms with E-state index in [2.05, 4.69) is 44.7 Å². The van der Waals surface area contributed by atoms with Crippen molar-refractivity contribution < 1.29 is 23.9 Å². The van der Waals surface area contributed by atoms with Gasteiger partial charge in [-0.3, -0.25) is 24.1 Å². The van der Waals surface area contributed by atoms with Gasteiger partial charge in [-0.15, -0.1) is 22.7 Å². The summed E-state index contributed by atoms with van der Waals surface area (Å²) in [6.45, 7) is 11.7. The second kappa shape index (κ2) is 17.5. The second-order valence-corrected chi connectivity index (χ2v) is 15.6. The standard InChI is InChI=1S/C36H49N7O5S2/c1-24(2)20-26-33-41-29(23-50-33)32(46)39-27(21-25-10-6-5-7-11-25)34-40-28(22-49-34)31(45)37-13-9-15-42(14-8-12-30(44)38-26)35(47)36(3,4)43-16-18-48-19-17-43/h5-7,10-11,22-24,26-27H,8-9,12-21H2,1-4H3,(H,37,45)(H,38,44)(H,39,46)/t26?,27-/m0/s1. The van der Waals surface area contributed by atoms with Crippen LogP contribution in [0.2, 0.25) is 0 Å². The van der Waals surface area contributed by atoms with E-state index in [1.807, 2.05) is 49.1 Å². The molecule has 3 N–H and O–H groups in total. The number of carbonyl (C=O) groups is 4. The monoisotopic (exact) mass is 723 g/mol. The van der Waals surface area contributed by atoms with Gasteiger partial charge in [0.25, 0.3) is 11.8 Å². The van der Waals surface area contributed by atoms with Crippen LogP contribution in [0.25, 0.3) is 0 Å². The number of carbonyl (C=O) groups excluding carboxylic acids is 4. The lowest BCUT2D eigenvalue weighted by Gasteiger charge is -2.42. The van der Waals surface area contributed by atoms with Gasteiger partial charge >= 0.3 is 0 Å². The molecule has 2 aliphatic heterocycles. The maximum Gasteiger partial charge on any atom is 0.271 e. The minimum atomic E-state index is -0.745. The Hall–Kier alpha value is -3.72. The normalized spacial score (nSPS) is 20.8. The number of thiazole rings is 2. The minimum absolute atomic E-state index is 0.0108. The molecule has 2 aliphatic rings. The van der Waals surface area contributed by atoms with E-state index in [0.717, 1.165) is 5.56 Å². The first-order valence-corrected chi connectivity index (χ1v) is 19.2. The average Bonchev–Trinajstić information content (AvgIpc) is 3.80. The van der Waals surface area contributed by atoms with E-state index < -0.39 is 11.6 Å². The summed E-state index contributed by atoms with van der Waals surface area (Å²) in [6, 6.07) is 8.97. The van der Waals surface area contributed by atoms with Gasteiger partial charge in [-0.2, -0.15) is 0 Å². The third-order valence-corrected chi connectivity index (χ3v) is 11.0. The number of nitrogens with one attached hydrogen (secondary N) is 3. The van der Waals surface area contributed by atoms with Crippen LogP contribution in [0.15, 0.2) is 41.1 Å². The van der Waals surface area contributed by atoms with E-state index in [0.29, 0.717) is 81.6 Å². The summed E-state index contributed by atoms with van der Waals surface area (Å²) >= 11 is 2.67. The average molecular weight is 724 g/mol. The summed E-state index contributed by atoms with van der Waals surface area (Å²) in [4.78, 5) is 67.4. The van der Waals surface area contributed by atoms with Gasteiger partial charge in [0.05, 0.1) is 30.8 Å². The fourth-order valence-electron chi connectivity index (χ4n) is 6.30. The summed E-state index contributed by atoms with van der Waals surface area (Å²) in [5, 5.41) is 13.9. The molecule has 0 saturated carbocycles. The highest BCUT2D eigenvalue weighted by Crippen LogP contribution is 2.27. The quantitative estimate of drug-likeness (QED) is 0.340. The molecular weight excluding hydrogens is 675 g/mol. The van der Waals surface area contributed by atoms with Crippen LogP contribution in [0.1, 0.15) is 102 Å². The number of hydrogen-bond donors (Lipinski definition) is 3. The molecule has 3 aromatic rings. The highest BCUT2D eigenvalue weighted by atomic mass is 32.1. The molecule has 0 spiro atoms. The maximum atomic E-state index is 14.0. The number of nitrogens with zero attached hydrogens (tertiary/aromatic N) is 4. The van der Waals surface area contributed by atoms with Crippen LogP contribution in [0, 0.1) is 5.92 Å². The molecule has 270 valence electrons. The molecule has 1 fully saturated rings. The molecule has 5 rings (SSSR count). The summed E-state index contributed by atoms with van der Waals surface area (Å²) in [6.07, 6.45) is 2.40. The fourth-order valence-corrected chi connectivity index (χ4v) is 8.01. The van der Waals surface area contributed by atoms with Crippen molar-refractivity contribution in [2.75, 3.05) is 45.9 Å². The van der Waals surface area contributed by atoms with Crippen molar-refractivity contribution in [3.63, 3.8) is 0 Å². The molecule has 14 heteroatoms. The highest BCUT2D eigenvalue weighted by molar-refractivity contribution is 7.10. The van der Waals surface area contributed by atoms with Crippen molar-refractivity contribution >= 4 is 46.3 Å². The second-order valence-electron chi connectivity index (χ2n) is 13.8. The molecule has 12 nitrogen and oxygen atoms in total. The van der Waals surface area contributed by atoms with Crippen molar-refractivity contribution in [3.05, 3.63) is 68.1 Å². The molecule has 0 radical (unpaired) electrons. The molecule has 4 amide bonds. The lowest BCUT2D eigenvalue weighted by atomic mass is 9.99. The number of rotatable bonds is 6. The molecular formula is C36H49N7O5S2. The predicted molar refractivity (Wildman–Crippen MR) is 194 cm³/mol. The lowest BCUT2D eigenvalue weighted by molar-refractivity contribution is -0.146. The Morgan fingerprint density at radius 3 is 2.22 bits per heavy atom. The van der Waals surface area contributed by atoms with E-state index in [4.69, 9.17) is 4.74 Å². The van der Waals surface area contributed by atoms with Gasteiger partial charge in [-0.25, -0.2) is 9.97 Å². The predicted octanol–water partition coefficient (Wildman–Crippen LogP) is 4.37. The van der Waals surface area contributed by atoms with Gasteiger partial charge in [0, 0.05) is 49.9 Å².